The first-order valence-electron chi connectivity index (χ1n) is 12.3. The summed E-state index contributed by atoms with van der Waals surface area (Å²) in [5, 5.41) is 4.98. The van der Waals surface area contributed by atoms with E-state index in [-0.39, 0.29) is 0 Å². The Bertz CT molecular complexity index is 941. The van der Waals surface area contributed by atoms with Crippen LogP contribution in [0.2, 0.25) is 0 Å². The molecule has 0 aliphatic carbocycles. The van der Waals surface area contributed by atoms with Crippen LogP contribution >= 0.6 is 0 Å². The minimum absolute atomic E-state index is 0.304. The number of fused-ring (bicyclic) bond motifs is 3. The number of nitrogens with one attached hydrogen (secondary N) is 1. The Morgan fingerprint density at radius 2 is 1.71 bits per heavy atom. The van der Waals surface area contributed by atoms with E-state index in [2.05, 4.69) is 27.2 Å². The molecule has 166 valence electrons. The normalized spacial score (nSPS) is 25.9. The van der Waals surface area contributed by atoms with Crippen LogP contribution in [0.3, 0.4) is 0 Å². The van der Waals surface area contributed by atoms with Crippen molar-refractivity contribution in [2.24, 2.45) is 5.92 Å². The predicted molar refractivity (Wildman–Crippen MR) is 123 cm³/mol. The van der Waals surface area contributed by atoms with Gasteiger partial charge in [0, 0.05) is 42.7 Å². The lowest BCUT2D eigenvalue weighted by atomic mass is 9.83. The van der Waals surface area contributed by atoms with Gasteiger partial charge in [-0.05, 0) is 76.2 Å². The van der Waals surface area contributed by atoms with E-state index in [9.17, 15) is 0 Å². The van der Waals surface area contributed by atoms with Gasteiger partial charge < -0.3 is 24.6 Å². The van der Waals surface area contributed by atoms with Gasteiger partial charge in [0.2, 0.25) is 6.79 Å². The summed E-state index contributed by atoms with van der Waals surface area (Å²) in [6, 6.07) is 7.23. The monoisotopic (exact) mass is 422 g/mol. The number of piperidine rings is 2. The molecule has 4 aliphatic rings. The first kappa shape index (κ1) is 19.6. The zero-order valence-corrected chi connectivity index (χ0v) is 18.4. The molecule has 4 aliphatic heterocycles. The van der Waals surface area contributed by atoms with Crippen LogP contribution in [0.25, 0.3) is 10.9 Å². The van der Waals surface area contributed by atoms with E-state index in [4.69, 9.17) is 14.5 Å². The molecule has 3 saturated heterocycles. The van der Waals surface area contributed by atoms with Crippen LogP contribution in [0.4, 0.5) is 5.82 Å². The second-order valence-electron chi connectivity index (χ2n) is 9.70. The molecule has 3 fully saturated rings. The van der Waals surface area contributed by atoms with Gasteiger partial charge in [0.1, 0.15) is 5.82 Å². The summed E-state index contributed by atoms with van der Waals surface area (Å²) in [4.78, 5) is 10.3. The summed E-state index contributed by atoms with van der Waals surface area (Å²) in [5.41, 5.74) is 2.31. The molecule has 6 nitrogen and oxygen atoms in total. The predicted octanol–water partition coefficient (Wildman–Crippen LogP) is 3.92. The number of aromatic nitrogens is 1. The highest BCUT2D eigenvalue weighted by Crippen LogP contribution is 2.37. The van der Waals surface area contributed by atoms with E-state index >= 15 is 0 Å². The van der Waals surface area contributed by atoms with Gasteiger partial charge in [-0.15, -0.1) is 0 Å². The Morgan fingerprint density at radius 1 is 0.903 bits per heavy atom. The molecule has 1 aromatic carbocycles. The quantitative estimate of drug-likeness (QED) is 0.788. The first-order valence-corrected chi connectivity index (χ1v) is 12.3. The number of ether oxygens (including phenoxy) is 2. The lowest BCUT2D eigenvalue weighted by Gasteiger charge is -2.44. The number of pyridine rings is 1. The zero-order chi connectivity index (χ0) is 20.6. The lowest BCUT2D eigenvalue weighted by molar-refractivity contribution is 0.0593. The average Bonchev–Trinajstić information content (AvgIpc) is 3.49. The molecule has 31 heavy (non-hydrogen) atoms. The largest absolute Gasteiger partial charge is 0.454 e. The minimum Gasteiger partial charge on any atom is -0.454 e. The zero-order valence-electron chi connectivity index (χ0n) is 18.4. The topological polar surface area (TPSA) is 49.9 Å². The highest BCUT2D eigenvalue weighted by atomic mass is 16.7. The molecule has 0 bridgehead atoms. The van der Waals surface area contributed by atoms with Gasteiger partial charge in [0.15, 0.2) is 11.5 Å². The second kappa shape index (κ2) is 8.47. The Hall–Kier alpha value is -2.05. The molecule has 6 heteroatoms. The third-order valence-electron chi connectivity index (χ3n) is 7.72. The summed E-state index contributed by atoms with van der Waals surface area (Å²) < 4.78 is 11.2. The highest BCUT2D eigenvalue weighted by Gasteiger charge is 2.32. The van der Waals surface area contributed by atoms with Crippen molar-refractivity contribution in [3.63, 3.8) is 0 Å². The fraction of sp³-hybridized carbons (Fsp3) is 0.640. The van der Waals surface area contributed by atoms with E-state index in [1.54, 1.807) is 0 Å². The molecule has 0 unspecified atom stereocenters. The SMILES string of the molecule is c1c(CNC[C@@H]2CCCN3CCCC[C@H]23)c(N2CCCC2)nc2cc3c(cc12)OCO3. The third-order valence-corrected chi connectivity index (χ3v) is 7.72. The minimum atomic E-state index is 0.304. The van der Waals surface area contributed by atoms with E-state index < -0.39 is 0 Å². The number of hydrogen-bond acceptors (Lipinski definition) is 6. The van der Waals surface area contributed by atoms with Crippen LogP contribution in [-0.2, 0) is 6.54 Å². The molecule has 2 aromatic rings. The maximum atomic E-state index is 5.61. The average molecular weight is 423 g/mol. The molecular weight excluding hydrogens is 388 g/mol. The fourth-order valence-electron chi connectivity index (χ4n) is 6.14. The van der Waals surface area contributed by atoms with Crippen molar-refractivity contribution in [2.75, 3.05) is 44.4 Å². The molecule has 0 radical (unpaired) electrons. The number of rotatable bonds is 5. The molecule has 5 heterocycles. The summed E-state index contributed by atoms with van der Waals surface area (Å²) >= 11 is 0. The van der Waals surface area contributed by atoms with Crippen molar-refractivity contribution in [2.45, 2.75) is 57.5 Å². The van der Waals surface area contributed by atoms with E-state index in [1.165, 1.54) is 63.6 Å². The Balaban J connectivity index is 1.22. The smallest absolute Gasteiger partial charge is 0.231 e. The van der Waals surface area contributed by atoms with Crippen LogP contribution in [-0.4, -0.2) is 55.4 Å². The van der Waals surface area contributed by atoms with Gasteiger partial charge in [0.25, 0.3) is 0 Å². The summed E-state index contributed by atoms with van der Waals surface area (Å²) in [5.74, 6) is 3.58. The fourth-order valence-corrected chi connectivity index (χ4v) is 6.14. The summed E-state index contributed by atoms with van der Waals surface area (Å²) in [7, 11) is 0. The number of anilines is 1. The van der Waals surface area contributed by atoms with Crippen molar-refractivity contribution >= 4 is 16.7 Å². The summed E-state index contributed by atoms with van der Waals surface area (Å²) in [6.07, 6.45) is 9.41. The van der Waals surface area contributed by atoms with Gasteiger partial charge >= 0.3 is 0 Å². The van der Waals surface area contributed by atoms with E-state index in [0.29, 0.717) is 6.79 Å². The Kier molecular flexibility index (Phi) is 5.36. The molecular formula is C25H34N4O2. The number of hydrogen-bond donors (Lipinski definition) is 1. The molecule has 6 rings (SSSR count). The van der Waals surface area contributed by atoms with Crippen LogP contribution in [0.5, 0.6) is 11.5 Å². The molecule has 1 N–H and O–H groups in total. The van der Waals surface area contributed by atoms with Gasteiger partial charge in [0.05, 0.1) is 5.52 Å². The molecule has 1 aromatic heterocycles. The Labute approximate surface area is 184 Å². The van der Waals surface area contributed by atoms with Crippen LogP contribution in [0, 0.1) is 5.92 Å². The highest BCUT2D eigenvalue weighted by molar-refractivity contribution is 5.85. The molecule has 0 spiro atoms. The van der Waals surface area contributed by atoms with Crippen LogP contribution in [0.15, 0.2) is 18.2 Å². The first-order chi connectivity index (χ1) is 15.3. The lowest BCUT2D eigenvalue weighted by Crippen LogP contribution is -2.50. The molecule has 2 atom stereocenters. The van der Waals surface area contributed by atoms with Gasteiger partial charge in [-0.2, -0.15) is 0 Å². The van der Waals surface area contributed by atoms with Gasteiger partial charge in [-0.1, -0.05) is 6.42 Å². The van der Waals surface area contributed by atoms with Gasteiger partial charge in [-0.25, -0.2) is 4.98 Å². The maximum absolute atomic E-state index is 5.61. The summed E-state index contributed by atoms with van der Waals surface area (Å²) in [6.45, 7) is 7.13. The third kappa shape index (κ3) is 3.85. The standard InChI is InChI=1S/C25H34N4O2/c1-2-8-28-11-5-6-18(22(28)7-1)15-26-16-20-12-19-13-23-24(31-17-30-23)14-21(19)27-25(20)29-9-3-4-10-29/h12-14,18,22,26H,1-11,15-17H2/t18-,22+/m0/s1. The van der Waals surface area contributed by atoms with Crippen molar-refractivity contribution < 1.29 is 9.47 Å². The van der Waals surface area contributed by atoms with Crippen molar-refractivity contribution in [3.05, 3.63) is 23.8 Å². The van der Waals surface area contributed by atoms with Gasteiger partial charge in [-0.3, -0.25) is 0 Å². The molecule has 0 amide bonds. The maximum Gasteiger partial charge on any atom is 0.231 e. The van der Waals surface area contributed by atoms with Crippen molar-refractivity contribution in [3.8, 4) is 11.5 Å². The second-order valence-corrected chi connectivity index (χ2v) is 9.70. The van der Waals surface area contributed by atoms with E-state index in [1.807, 2.05) is 6.07 Å². The number of benzene rings is 1. The molecule has 0 saturated carbocycles. The Morgan fingerprint density at radius 3 is 2.61 bits per heavy atom. The van der Waals surface area contributed by atoms with Crippen LogP contribution in [0.1, 0.15) is 50.5 Å². The van der Waals surface area contributed by atoms with Crippen molar-refractivity contribution in [1.29, 1.82) is 0 Å². The number of nitrogens with zero attached hydrogens (tertiary/aromatic N) is 3. The van der Waals surface area contributed by atoms with Crippen LogP contribution < -0.4 is 19.7 Å². The van der Waals surface area contributed by atoms with E-state index in [0.717, 1.165) is 66.4 Å². The van der Waals surface area contributed by atoms with Crippen molar-refractivity contribution in [1.82, 2.24) is 15.2 Å².